The Morgan fingerprint density at radius 2 is 2.13 bits per heavy atom. The summed E-state index contributed by atoms with van der Waals surface area (Å²) in [6, 6.07) is 0. The lowest BCUT2D eigenvalue weighted by Crippen LogP contribution is -2.35. The predicted octanol–water partition coefficient (Wildman–Crippen LogP) is 1.55. The first-order chi connectivity index (χ1) is 10.9. The molecule has 23 heavy (non-hydrogen) atoms. The number of allylic oxidation sites excluding steroid dienone is 1. The lowest BCUT2D eigenvalue weighted by molar-refractivity contribution is -0.169. The SMILES string of the molecule is C=C(C)C(=O)OCC(=O)OC1C2CC(C)C=C3C(=O)OC1C3C2. The van der Waals surface area contributed by atoms with Crippen molar-refractivity contribution in [2.45, 2.75) is 38.9 Å². The molecule has 6 nitrogen and oxygen atoms in total. The average molecular weight is 320 g/mol. The van der Waals surface area contributed by atoms with Crippen LogP contribution < -0.4 is 0 Å². The van der Waals surface area contributed by atoms with Gasteiger partial charge in [0.1, 0.15) is 12.2 Å². The van der Waals surface area contributed by atoms with E-state index >= 15 is 0 Å². The van der Waals surface area contributed by atoms with E-state index < -0.39 is 30.8 Å². The van der Waals surface area contributed by atoms with Gasteiger partial charge in [-0.1, -0.05) is 19.6 Å². The minimum atomic E-state index is -0.630. The molecule has 3 aliphatic rings. The van der Waals surface area contributed by atoms with Crippen molar-refractivity contribution in [1.29, 1.82) is 0 Å². The molecule has 5 atom stereocenters. The fourth-order valence-electron chi connectivity index (χ4n) is 3.76. The number of carbonyl (C=O) groups excluding carboxylic acids is 3. The normalized spacial score (nSPS) is 34.3. The van der Waals surface area contributed by atoms with Crippen molar-refractivity contribution in [2.75, 3.05) is 6.61 Å². The quantitative estimate of drug-likeness (QED) is 0.444. The highest BCUT2D eigenvalue weighted by atomic mass is 16.6. The first-order valence-corrected chi connectivity index (χ1v) is 7.81. The van der Waals surface area contributed by atoms with Crippen LogP contribution in [-0.4, -0.2) is 36.7 Å². The molecular formula is C17H20O6. The van der Waals surface area contributed by atoms with Crippen molar-refractivity contribution in [2.24, 2.45) is 17.8 Å². The summed E-state index contributed by atoms with van der Waals surface area (Å²) in [4.78, 5) is 35.2. The molecular weight excluding hydrogens is 300 g/mol. The van der Waals surface area contributed by atoms with Crippen LogP contribution in [0.5, 0.6) is 0 Å². The second-order valence-electron chi connectivity index (χ2n) is 6.62. The third-order valence-corrected chi connectivity index (χ3v) is 4.70. The first kappa shape index (κ1) is 15.8. The standard InChI is InChI=1S/C17H20O6/c1-8(2)16(19)21-7-13(18)22-14-10-4-9(3)5-12-11(6-10)15(14)23-17(12)20/h5,9-11,14-15H,1,4,6-7H2,2-3H3. The van der Waals surface area contributed by atoms with Crippen LogP contribution in [0.15, 0.2) is 23.8 Å². The third-order valence-electron chi connectivity index (χ3n) is 4.70. The fraction of sp³-hybridized carbons (Fsp3) is 0.588. The molecule has 1 heterocycles. The van der Waals surface area contributed by atoms with Gasteiger partial charge < -0.3 is 14.2 Å². The topological polar surface area (TPSA) is 78.9 Å². The number of carbonyl (C=O) groups is 3. The molecule has 5 unspecified atom stereocenters. The molecule has 2 aliphatic carbocycles. The minimum Gasteiger partial charge on any atom is -0.456 e. The number of hydrogen-bond acceptors (Lipinski definition) is 6. The molecule has 0 radical (unpaired) electrons. The zero-order chi connectivity index (χ0) is 16.7. The number of hydrogen-bond donors (Lipinski definition) is 0. The van der Waals surface area contributed by atoms with Crippen LogP contribution in [-0.2, 0) is 28.6 Å². The summed E-state index contributed by atoms with van der Waals surface area (Å²) in [6.07, 6.45) is 2.74. The van der Waals surface area contributed by atoms with Crippen LogP contribution in [0.1, 0.15) is 26.7 Å². The minimum absolute atomic E-state index is 0.00761. The van der Waals surface area contributed by atoms with E-state index in [0.717, 1.165) is 18.4 Å². The van der Waals surface area contributed by atoms with Gasteiger partial charge >= 0.3 is 17.9 Å². The molecule has 0 aromatic heterocycles. The van der Waals surface area contributed by atoms with Crippen molar-refractivity contribution in [3.05, 3.63) is 23.8 Å². The summed E-state index contributed by atoms with van der Waals surface area (Å²) in [7, 11) is 0. The second-order valence-corrected chi connectivity index (χ2v) is 6.62. The molecule has 124 valence electrons. The van der Waals surface area contributed by atoms with Gasteiger partial charge in [-0.15, -0.1) is 0 Å². The van der Waals surface area contributed by atoms with E-state index in [2.05, 4.69) is 6.58 Å². The van der Waals surface area contributed by atoms with E-state index in [9.17, 15) is 14.4 Å². The van der Waals surface area contributed by atoms with Gasteiger partial charge in [-0.2, -0.15) is 0 Å². The molecule has 3 rings (SSSR count). The highest BCUT2D eigenvalue weighted by Gasteiger charge is 2.56. The van der Waals surface area contributed by atoms with Crippen molar-refractivity contribution in [3.63, 3.8) is 0 Å². The Morgan fingerprint density at radius 1 is 1.39 bits per heavy atom. The van der Waals surface area contributed by atoms with Crippen molar-refractivity contribution < 1.29 is 28.6 Å². The van der Waals surface area contributed by atoms with Gasteiger partial charge in [0, 0.05) is 23.0 Å². The van der Waals surface area contributed by atoms with Gasteiger partial charge in [0.05, 0.1) is 0 Å². The summed E-state index contributed by atoms with van der Waals surface area (Å²) in [5, 5.41) is 0. The Hall–Kier alpha value is -2.11. The maximum Gasteiger partial charge on any atom is 0.344 e. The smallest absolute Gasteiger partial charge is 0.344 e. The van der Waals surface area contributed by atoms with Crippen LogP contribution in [0.2, 0.25) is 0 Å². The molecule has 2 fully saturated rings. The van der Waals surface area contributed by atoms with Gasteiger partial charge in [0.15, 0.2) is 6.61 Å². The Kier molecular flexibility index (Phi) is 4.00. The Balaban J connectivity index is 1.66. The number of esters is 3. The number of fused-ring (bicyclic) bond motifs is 1. The highest BCUT2D eigenvalue weighted by molar-refractivity contribution is 5.92. The van der Waals surface area contributed by atoms with Crippen molar-refractivity contribution in [1.82, 2.24) is 0 Å². The van der Waals surface area contributed by atoms with E-state index in [4.69, 9.17) is 14.2 Å². The highest BCUT2D eigenvalue weighted by Crippen LogP contribution is 2.49. The molecule has 6 heteroatoms. The van der Waals surface area contributed by atoms with Crippen molar-refractivity contribution in [3.8, 4) is 0 Å². The van der Waals surface area contributed by atoms with Crippen LogP contribution in [0, 0.1) is 17.8 Å². The number of rotatable bonds is 4. The molecule has 0 aromatic rings. The van der Waals surface area contributed by atoms with Gasteiger partial charge in [0.2, 0.25) is 0 Å². The molecule has 0 amide bonds. The summed E-state index contributed by atoms with van der Waals surface area (Å²) >= 11 is 0. The zero-order valence-electron chi connectivity index (χ0n) is 13.2. The zero-order valence-corrected chi connectivity index (χ0v) is 13.2. The Bertz CT molecular complexity index is 604. The molecule has 2 bridgehead atoms. The van der Waals surface area contributed by atoms with Crippen LogP contribution in [0.25, 0.3) is 0 Å². The summed E-state index contributed by atoms with van der Waals surface area (Å²) in [5.74, 6) is -1.15. The van der Waals surface area contributed by atoms with Gasteiger partial charge in [0.25, 0.3) is 0 Å². The third kappa shape index (κ3) is 2.90. The molecule has 1 saturated carbocycles. The maximum atomic E-state index is 12.0. The first-order valence-electron chi connectivity index (χ1n) is 7.81. The summed E-state index contributed by atoms with van der Waals surface area (Å²) < 4.78 is 15.7. The molecule has 1 aliphatic heterocycles. The van der Waals surface area contributed by atoms with E-state index in [1.807, 2.05) is 13.0 Å². The largest absolute Gasteiger partial charge is 0.456 e. The van der Waals surface area contributed by atoms with E-state index in [0.29, 0.717) is 0 Å². The monoisotopic (exact) mass is 320 g/mol. The van der Waals surface area contributed by atoms with Crippen LogP contribution in [0.3, 0.4) is 0 Å². The number of ether oxygens (including phenoxy) is 3. The Labute approximate surface area is 134 Å². The van der Waals surface area contributed by atoms with Crippen molar-refractivity contribution >= 4 is 17.9 Å². The van der Waals surface area contributed by atoms with E-state index in [1.165, 1.54) is 6.92 Å². The molecule has 1 saturated heterocycles. The molecule has 0 N–H and O–H groups in total. The summed E-state index contributed by atoms with van der Waals surface area (Å²) in [6.45, 7) is 6.54. The van der Waals surface area contributed by atoms with Gasteiger partial charge in [-0.05, 0) is 25.7 Å². The van der Waals surface area contributed by atoms with Gasteiger partial charge in [-0.3, -0.25) is 0 Å². The summed E-state index contributed by atoms with van der Waals surface area (Å²) in [5.41, 5.74) is 0.941. The van der Waals surface area contributed by atoms with E-state index in [1.54, 1.807) is 0 Å². The van der Waals surface area contributed by atoms with Crippen LogP contribution in [0.4, 0.5) is 0 Å². The second kappa shape index (κ2) is 5.83. The Morgan fingerprint density at radius 3 is 2.83 bits per heavy atom. The molecule has 0 spiro atoms. The van der Waals surface area contributed by atoms with Gasteiger partial charge in [-0.25, -0.2) is 14.4 Å². The average Bonchev–Trinajstić information content (AvgIpc) is 2.88. The fourth-order valence-corrected chi connectivity index (χ4v) is 3.76. The predicted molar refractivity (Wildman–Crippen MR) is 79.0 cm³/mol. The lowest BCUT2D eigenvalue weighted by Gasteiger charge is -2.25. The lowest BCUT2D eigenvalue weighted by atomic mass is 9.92. The maximum absolute atomic E-state index is 12.0. The van der Waals surface area contributed by atoms with Crippen LogP contribution >= 0.6 is 0 Å². The van der Waals surface area contributed by atoms with E-state index in [-0.39, 0.29) is 29.3 Å². The molecule has 0 aromatic carbocycles.